The number of likely N-dealkylation sites (tertiary alicyclic amines) is 1. The molecule has 0 aliphatic carbocycles. The molecular weight excluding hydrogens is 228 g/mol. The van der Waals surface area contributed by atoms with E-state index in [1.54, 1.807) is 7.05 Å². The van der Waals surface area contributed by atoms with Gasteiger partial charge in [0, 0.05) is 19.9 Å². The van der Waals surface area contributed by atoms with Gasteiger partial charge in [-0.3, -0.25) is 0 Å². The highest BCUT2D eigenvalue weighted by Crippen LogP contribution is 2.20. The van der Waals surface area contributed by atoms with Crippen molar-refractivity contribution < 1.29 is 26.8 Å². The van der Waals surface area contributed by atoms with E-state index >= 15 is 0 Å². The lowest BCUT2D eigenvalue weighted by Gasteiger charge is -2.35. The first kappa shape index (κ1) is 15.1. The number of piperidine rings is 1. The predicted octanol–water partition coefficient (Wildman–Crippen LogP) is -3.58. The van der Waals surface area contributed by atoms with Crippen LogP contribution in [0.15, 0.2) is 0 Å². The Balaban J connectivity index is 0.00000225. The summed E-state index contributed by atoms with van der Waals surface area (Å²) in [4.78, 5) is 12.7. The zero-order valence-electron chi connectivity index (χ0n) is 9.81. The van der Waals surface area contributed by atoms with Crippen LogP contribution in [-0.4, -0.2) is 38.4 Å². The van der Waals surface area contributed by atoms with Crippen molar-refractivity contribution >= 4 is 6.09 Å². The van der Waals surface area contributed by atoms with Crippen LogP contribution in [-0.2, 0) is 4.74 Å². The number of halogens is 1. The third kappa shape index (κ3) is 3.58. The molecule has 1 fully saturated rings. The molecule has 1 saturated heterocycles. The summed E-state index contributed by atoms with van der Waals surface area (Å²) in [6, 6.07) is 0. The van der Waals surface area contributed by atoms with Gasteiger partial charge >= 0.3 is 6.09 Å². The standard InChI is InChI=1S/C11H18N2O2.ClH/c1-4-11(15-10(14)12-3)6-8-13(5-2)9-7-11;/h1H,5-9H2,2-3H3,(H,12,14);1H. The minimum Gasteiger partial charge on any atom is -1.00 e. The van der Waals surface area contributed by atoms with E-state index in [0.29, 0.717) is 0 Å². The minimum atomic E-state index is -0.682. The van der Waals surface area contributed by atoms with Crippen LogP contribution in [0.3, 0.4) is 0 Å². The molecule has 1 aliphatic rings. The summed E-state index contributed by atoms with van der Waals surface area (Å²) in [6.07, 6.45) is 6.53. The number of carbonyl (C=O) groups excluding carboxylic acids is 1. The highest BCUT2D eigenvalue weighted by molar-refractivity contribution is 5.67. The van der Waals surface area contributed by atoms with Gasteiger partial charge in [-0.15, -0.1) is 6.42 Å². The first-order valence-electron chi connectivity index (χ1n) is 5.38. The second-order valence-corrected chi connectivity index (χ2v) is 3.88. The largest absolute Gasteiger partial charge is 1.00 e. The Hall–Kier alpha value is -0.920. The van der Waals surface area contributed by atoms with Crippen LogP contribution in [0.4, 0.5) is 4.79 Å². The van der Waals surface area contributed by atoms with Crippen LogP contribution in [0.5, 0.6) is 0 Å². The molecule has 0 spiro atoms. The summed E-state index contributed by atoms with van der Waals surface area (Å²) in [6.45, 7) is 5.19. The van der Waals surface area contributed by atoms with Crippen LogP contribution in [0.1, 0.15) is 19.8 Å². The molecule has 0 aromatic heterocycles. The molecule has 5 heteroatoms. The molecule has 92 valence electrons. The Kier molecular flexibility index (Phi) is 6.24. The molecule has 0 unspecified atom stereocenters. The van der Waals surface area contributed by atoms with Gasteiger partial charge in [0.2, 0.25) is 0 Å². The number of ether oxygens (including phenoxy) is 1. The van der Waals surface area contributed by atoms with Crippen molar-refractivity contribution in [3.05, 3.63) is 0 Å². The minimum absolute atomic E-state index is 0. The molecule has 0 atom stereocenters. The number of amides is 1. The normalized spacial score (nSPS) is 28.4. The summed E-state index contributed by atoms with van der Waals surface area (Å²) in [5.41, 5.74) is -0.682. The summed E-state index contributed by atoms with van der Waals surface area (Å²) >= 11 is 0. The Morgan fingerprint density at radius 2 is 2.12 bits per heavy atom. The lowest BCUT2D eigenvalue weighted by molar-refractivity contribution is -0.905. The Labute approximate surface area is 103 Å². The number of quaternary nitrogens is 1. The third-order valence-corrected chi connectivity index (χ3v) is 3.02. The summed E-state index contributed by atoms with van der Waals surface area (Å²) in [5, 5.41) is 2.43. The first-order chi connectivity index (χ1) is 7.15. The van der Waals surface area contributed by atoms with Gasteiger partial charge in [0.25, 0.3) is 0 Å². The maximum atomic E-state index is 11.2. The van der Waals surface area contributed by atoms with Gasteiger partial charge in [0.05, 0.1) is 19.6 Å². The summed E-state index contributed by atoms with van der Waals surface area (Å²) in [7, 11) is 1.54. The van der Waals surface area contributed by atoms with Gasteiger partial charge in [-0.1, -0.05) is 5.92 Å². The highest BCUT2D eigenvalue weighted by atomic mass is 35.5. The van der Waals surface area contributed by atoms with Gasteiger partial charge in [-0.2, -0.15) is 0 Å². The smallest absolute Gasteiger partial charge is 0.408 e. The van der Waals surface area contributed by atoms with E-state index in [2.05, 4.69) is 18.2 Å². The highest BCUT2D eigenvalue weighted by Gasteiger charge is 2.38. The monoisotopic (exact) mass is 246 g/mol. The van der Waals surface area contributed by atoms with Crippen molar-refractivity contribution in [1.82, 2.24) is 5.32 Å². The number of terminal acetylenes is 1. The summed E-state index contributed by atoms with van der Waals surface area (Å²) < 4.78 is 5.27. The van der Waals surface area contributed by atoms with Crippen LogP contribution < -0.4 is 22.6 Å². The average Bonchev–Trinajstić information content (AvgIpc) is 2.30. The van der Waals surface area contributed by atoms with Crippen LogP contribution >= 0.6 is 0 Å². The lowest BCUT2D eigenvalue weighted by Crippen LogP contribution is -3.13. The molecule has 0 aromatic rings. The Morgan fingerprint density at radius 3 is 2.50 bits per heavy atom. The van der Waals surface area contributed by atoms with E-state index in [0.717, 1.165) is 32.5 Å². The molecule has 1 amide bonds. The Morgan fingerprint density at radius 1 is 1.56 bits per heavy atom. The van der Waals surface area contributed by atoms with E-state index in [9.17, 15) is 4.79 Å². The van der Waals surface area contributed by atoms with E-state index in [-0.39, 0.29) is 12.4 Å². The molecule has 4 nitrogen and oxygen atoms in total. The molecule has 0 aromatic carbocycles. The topological polar surface area (TPSA) is 42.8 Å². The number of hydrogen-bond acceptors (Lipinski definition) is 2. The van der Waals surface area contributed by atoms with Crippen LogP contribution in [0.2, 0.25) is 0 Å². The molecule has 1 rings (SSSR count). The van der Waals surface area contributed by atoms with Crippen LogP contribution in [0.25, 0.3) is 0 Å². The van der Waals surface area contributed by atoms with Crippen molar-refractivity contribution in [2.45, 2.75) is 25.4 Å². The second kappa shape index (κ2) is 6.62. The average molecular weight is 247 g/mol. The lowest BCUT2D eigenvalue weighted by atomic mass is 9.92. The SMILES string of the molecule is C#CC1(OC(=O)NC)CC[NH+](CC)CC1.[Cl-]. The number of nitrogens with one attached hydrogen (secondary N) is 2. The maximum Gasteiger partial charge on any atom is 0.408 e. The quantitative estimate of drug-likeness (QED) is 0.495. The van der Waals surface area contributed by atoms with Gasteiger partial charge < -0.3 is 27.4 Å². The molecule has 0 radical (unpaired) electrons. The van der Waals surface area contributed by atoms with Crippen molar-refractivity contribution in [2.24, 2.45) is 0 Å². The summed E-state index contributed by atoms with van der Waals surface area (Å²) in [5.74, 6) is 2.63. The second-order valence-electron chi connectivity index (χ2n) is 3.88. The molecular formula is C11H19ClN2O2. The number of alkyl carbamates (subject to hydrolysis) is 1. The molecule has 16 heavy (non-hydrogen) atoms. The fourth-order valence-electron chi connectivity index (χ4n) is 1.87. The zero-order chi connectivity index (χ0) is 11.3. The van der Waals surface area contributed by atoms with Crippen LogP contribution in [0, 0.1) is 12.3 Å². The number of hydrogen-bond donors (Lipinski definition) is 2. The fraction of sp³-hybridized carbons (Fsp3) is 0.727. The number of carbonyl (C=O) groups is 1. The third-order valence-electron chi connectivity index (χ3n) is 3.02. The molecule has 2 N–H and O–H groups in total. The molecule has 0 saturated carbocycles. The predicted molar refractivity (Wildman–Crippen MR) is 57.6 cm³/mol. The Bertz CT molecular complexity index is 268. The van der Waals surface area contributed by atoms with E-state index < -0.39 is 11.7 Å². The number of rotatable bonds is 2. The van der Waals surface area contributed by atoms with E-state index in [1.807, 2.05) is 0 Å². The first-order valence-corrected chi connectivity index (χ1v) is 5.38. The van der Waals surface area contributed by atoms with E-state index in [4.69, 9.17) is 11.2 Å². The molecule has 1 heterocycles. The van der Waals surface area contributed by atoms with Gasteiger partial charge in [-0.25, -0.2) is 4.79 Å². The maximum absolute atomic E-state index is 11.2. The van der Waals surface area contributed by atoms with Crippen molar-refractivity contribution in [3.8, 4) is 12.3 Å². The van der Waals surface area contributed by atoms with E-state index in [1.165, 1.54) is 4.90 Å². The fourth-order valence-corrected chi connectivity index (χ4v) is 1.87. The molecule has 0 bridgehead atoms. The van der Waals surface area contributed by atoms with Crippen molar-refractivity contribution in [2.75, 3.05) is 26.7 Å². The van der Waals surface area contributed by atoms with Crippen molar-refractivity contribution in [1.29, 1.82) is 0 Å². The van der Waals surface area contributed by atoms with Gasteiger partial charge in [0.15, 0.2) is 5.60 Å². The van der Waals surface area contributed by atoms with Gasteiger partial charge in [0.1, 0.15) is 0 Å². The zero-order valence-corrected chi connectivity index (χ0v) is 10.6. The van der Waals surface area contributed by atoms with Gasteiger partial charge in [-0.05, 0) is 6.92 Å². The molecule has 1 aliphatic heterocycles. The van der Waals surface area contributed by atoms with Crippen molar-refractivity contribution in [3.63, 3.8) is 0 Å².